The fourth-order valence-electron chi connectivity index (χ4n) is 5.17. The van der Waals surface area contributed by atoms with E-state index in [9.17, 15) is 8.42 Å². The summed E-state index contributed by atoms with van der Waals surface area (Å²) >= 11 is 0. The van der Waals surface area contributed by atoms with Gasteiger partial charge in [0.25, 0.3) is 0 Å². The number of ether oxygens (including phenoxy) is 1. The van der Waals surface area contributed by atoms with Gasteiger partial charge in [0.05, 0.1) is 11.4 Å². The molecule has 2 aliphatic carbocycles. The van der Waals surface area contributed by atoms with Crippen LogP contribution in [0.2, 0.25) is 0 Å². The van der Waals surface area contributed by atoms with Crippen LogP contribution in [0, 0.1) is 10.8 Å². The van der Waals surface area contributed by atoms with E-state index in [1.54, 1.807) is 0 Å². The summed E-state index contributed by atoms with van der Waals surface area (Å²) in [6.45, 7) is 5.93. The Morgan fingerprint density at radius 2 is 1.45 bits per heavy atom. The van der Waals surface area contributed by atoms with E-state index >= 15 is 0 Å². The van der Waals surface area contributed by atoms with Crippen LogP contribution >= 0.6 is 0 Å². The van der Waals surface area contributed by atoms with E-state index in [4.69, 9.17) is 4.74 Å². The first-order valence-corrected chi connectivity index (χ1v) is 9.82. The first-order chi connectivity index (χ1) is 9.21. The third-order valence-corrected chi connectivity index (χ3v) is 7.98. The Hall–Kier alpha value is -0.0900. The molecule has 0 N–H and O–H groups in total. The van der Waals surface area contributed by atoms with Gasteiger partial charge in [-0.2, -0.15) is 0 Å². The Kier molecular flexibility index (Phi) is 3.30. The van der Waals surface area contributed by atoms with Gasteiger partial charge in [-0.05, 0) is 51.9 Å². The van der Waals surface area contributed by atoms with E-state index in [0.717, 1.165) is 25.7 Å². The molecular weight excluding hydrogens is 272 g/mol. The summed E-state index contributed by atoms with van der Waals surface area (Å²) in [4.78, 5) is 0. The first-order valence-electron chi connectivity index (χ1n) is 8.10. The Labute approximate surface area is 123 Å². The summed E-state index contributed by atoms with van der Waals surface area (Å²) in [6, 6.07) is 0. The molecule has 2 saturated carbocycles. The minimum Gasteiger partial charge on any atom is -0.356 e. The molecule has 4 heteroatoms. The molecule has 1 aliphatic heterocycles. The van der Waals surface area contributed by atoms with Gasteiger partial charge in [-0.3, -0.25) is 0 Å². The van der Waals surface area contributed by atoms with Crippen molar-refractivity contribution in [1.29, 1.82) is 0 Å². The molecular formula is C16H28O3S. The molecule has 0 aromatic rings. The predicted octanol–water partition coefficient (Wildman–Crippen LogP) is 3.68. The summed E-state index contributed by atoms with van der Waals surface area (Å²) in [6.07, 6.45) is 9.01. The molecule has 1 atom stereocenters. The second kappa shape index (κ2) is 4.45. The van der Waals surface area contributed by atoms with Crippen LogP contribution < -0.4 is 0 Å². The predicted molar refractivity (Wildman–Crippen MR) is 80.2 cm³/mol. The second-order valence-corrected chi connectivity index (χ2v) is 10.3. The van der Waals surface area contributed by atoms with Crippen LogP contribution in [0.15, 0.2) is 0 Å². The van der Waals surface area contributed by atoms with Crippen LogP contribution in [-0.2, 0) is 14.6 Å². The number of rotatable bonds is 1. The lowest BCUT2D eigenvalue weighted by Crippen LogP contribution is -2.51. The second-order valence-electron chi connectivity index (χ2n) is 8.22. The maximum atomic E-state index is 12.8. The van der Waals surface area contributed by atoms with Gasteiger partial charge < -0.3 is 4.74 Å². The van der Waals surface area contributed by atoms with Crippen molar-refractivity contribution in [3.63, 3.8) is 0 Å². The van der Waals surface area contributed by atoms with Crippen molar-refractivity contribution in [3.05, 3.63) is 0 Å². The van der Waals surface area contributed by atoms with Crippen LogP contribution in [0.4, 0.5) is 0 Å². The van der Waals surface area contributed by atoms with E-state index in [-0.39, 0.29) is 10.8 Å². The third-order valence-electron chi connectivity index (χ3n) is 5.83. The molecule has 3 fully saturated rings. The first kappa shape index (κ1) is 14.8. The van der Waals surface area contributed by atoms with Crippen molar-refractivity contribution in [2.45, 2.75) is 83.2 Å². The SMILES string of the molecule is CC(C)(C)O[C@@H]1C23CCCCC2(CCCC3)CS1(=O)=O. The van der Waals surface area contributed by atoms with Crippen molar-refractivity contribution < 1.29 is 13.2 Å². The Bertz CT molecular complexity index is 474. The molecule has 0 bridgehead atoms. The lowest BCUT2D eigenvalue weighted by Gasteiger charge is -2.54. The minimum absolute atomic E-state index is 0.0260. The van der Waals surface area contributed by atoms with Gasteiger partial charge in [0.2, 0.25) is 0 Å². The van der Waals surface area contributed by atoms with Gasteiger partial charge in [0.15, 0.2) is 15.3 Å². The van der Waals surface area contributed by atoms with Crippen molar-refractivity contribution in [1.82, 2.24) is 0 Å². The summed E-state index contributed by atoms with van der Waals surface area (Å²) in [5.74, 6) is 0.376. The molecule has 0 aromatic carbocycles. The van der Waals surface area contributed by atoms with Crippen molar-refractivity contribution in [2.75, 3.05) is 5.75 Å². The Morgan fingerprint density at radius 1 is 0.950 bits per heavy atom. The topological polar surface area (TPSA) is 43.4 Å². The van der Waals surface area contributed by atoms with Crippen molar-refractivity contribution in [3.8, 4) is 0 Å². The number of hydrogen-bond acceptors (Lipinski definition) is 3. The highest BCUT2D eigenvalue weighted by atomic mass is 32.2. The quantitative estimate of drug-likeness (QED) is 0.742. The molecule has 3 rings (SSSR count). The van der Waals surface area contributed by atoms with Crippen LogP contribution in [0.3, 0.4) is 0 Å². The molecule has 3 nitrogen and oxygen atoms in total. The molecule has 0 spiro atoms. The Morgan fingerprint density at radius 3 is 1.95 bits per heavy atom. The van der Waals surface area contributed by atoms with E-state index in [1.807, 2.05) is 20.8 Å². The zero-order chi connectivity index (χ0) is 14.6. The lowest BCUT2D eigenvalue weighted by atomic mass is 9.51. The van der Waals surface area contributed by atoms with E-state index in [0.29, 0.717) is 5.75 Å². The van der Waals surface area contributed by atoms with Gasteiger partial charge in [-0.15, -0.1) is 0 Å². The van der Waals surface area contributed by atoms with Crippen LogP contribution in [0.1, 0.15) is 72.1 Å². The maximum absolute atomic E-state index is 12.8. The molecule has 1 heterocycles. The molecule has 3 aliphatic rings. The fraction of sp³-hybridized carbons (Fsp3) is 1.00. The molecule has 0 radical (unpaired) electrons. The van der Waals surface area contributed by atoms with E-state index < -0.39 is 20.9 Å². The van der Waals surface area contributed by atoms with Gasteiger partial charge >= 0.3 is 0 Å². The average molecular weight is 300 g/mol. The smallest absolute Gasteiger partial charge is 0.178 e. The monoisotopic (exact) mass is 300 g/mol. The largest absolute Gasteiger partial charge is 0.356 e. The molecule has 116 valence electrons. The highest BCUT2D eigenvalue weighted by Crippen LogP contribution is 2.67. The van der Waals surface area contributed by atoms with Gasteiger partial charge in [0, 0.05) is 5.41 Å². The summed E-state index contributed by atoms with van der Waals surface area (Å²) in [5.41, 5.74) is -1.01. The van der Waals surface area contributed by atoms with Crippen LogP contribution in [0.5, 0.6) is 0 Å². The van der Waals surface area contributed by atoms with Crippen LogP contribution in [0.25, 0.3) is 0 Å². The number of sulfone groups is 1. The lowest BCUT2D eigenvalue weighted by molar-refractivity contribution is -0.140. The van der Waals surface area contributed by atoms with Gasteiger partial charge in [0.1, 0.15) is 0 Å². The Balaban J connectivity index is 2.07. The van der Waals surface area contributed by atoms with Crippen molar-refractivity contribution >= 4 is 9.84 Å². The highest BCUT2D eigenvalue weighted by molar-refractivity contribution is 7.92. The third kappa shape index (κ3) is 2.06. The van der Waals surface area contributed by atoms with Gasteiger partial charge in [-0.1, -0.05) is 25.7 Å². The minimum atomic E-state index is -3.13. The maximum Gasteiger partial charge on any atom is 0.178 e. The molecule has 1 saturated heterocycles. The highest BCUT2D eigenvalue weighted by Gasteiger charge is 2.68. The standard InChI is InChI=1S/C16H28O3S/c1-14(2,3)19-13-16-10-6-4-8-15(16,9-5-7-11-16)12-20(13,17)18/h13H,4-12H2,1-3H3/t13-,15?,16?/m0/s1. The molecule has 0 aromatic heterocycles. The zero-order valence-corrected chi connectivity index (χ0v) is 13.9. The normalized spacial score (nSPS) is 43.9. The molecule has 0 amide bonds. The molecule has 20 heavy (non-hydrogen) atoms. The van der Waals surface area contributed by atoms with E-state index in [1.165, 1.54) is 25.7 Å². The van der Waals surface area contributed by atoms with E-state index in [2.05, 4.69) is 0 Å². The van der Waals surface area contributed by atoms with Crippen molar-refractivity contribution in [2.24, 2.45) is 10.8 Å². The average Bonchev–Trinajstić information content (AvgIpc) is 2.53. The molecule has 0 unspecified atom stereocenters. The summed E-state index contributed by atoms with van der Waals surface area (Å²) in [5, 5.41) is 0. The van der Waals surface area contributed by atoms with Gasteiger partial charge in [-0.25, -0.2) is 8.42 Å². The summed E-state index contributed by atoms with van der Waals surface area (Å²) < 4.78 is 31.8. The fourth-order valence-corrected chi connectivity index (χ4v) is 8.28. The number of hydrogen-bond donors (Lipinski definition) is 0. The summed E-state index contributed by atoms with van der Waals surface area (Å²) in [7, 11) is -3.13. The van der Waals surface area contributed by atoms with Crippen LogP contribution in [-0.4, -0.2) is 25.2 Å². The zero-order valence-electron chi connectivity index (χ0n) is 13.1.